The highest BCUT2D eigenvalue weighted by atomic mass is 35.5. The number of aryl methyl sites for hydroxylation is 1. The summed E-state index contributed by atoms with van der Waals surface area (Å²) >= 11 is 13.5. The molecule has 6 nitrogen and oxygen atoms in total. The molecule has 3 aromatic rings. The van der Waals surface area contributed by atoms with Gasteiger partial charge in [-0.1, -0.05) is 47.1 Å². The number of hydrogen-bond donors (Lipinski definition) is 1. The van der Waals surface area contributed by atoms with Crippen LogP contribution in [0.5, 0.6) is 5.75 Å². The minimum Gasteiger partial charge on any atom is -0.481 e. The maximum atomic E-state index is 12.4. The molecule has 9 heteroatoms. The number of ether oxygens (including phenoxy) is 1. The molecule has 158 valence electrons. The number of rotatable bonds is 8. The Bertz CT molecular complexity index is 1040. The summed E-state index contributed by atoms with van der Waals surface area (Å²) in [5, 5.41) is 13.3. The van der Waals surface area contributed by atoms with Crippen LogP contribution in [-0.2, 0) is 11.3 Å². The molecule has 0 aliphatic heterocycles. The van der Waals surface area contributed by atoms with E-state index >= 15 is 0 Å². The number of anilines is 1. The molecule has 0 radical (unpaired) electrons. The molecule has 30 heavy (non-hydrogen) atoms. The summed E-state index contributed by atoms with van der Waals surface area (Å²) in [4.78, 5) is 12.4. The number of thioether (sulfide) groups is 1. The Morgan fingerprint density at radius 3 is 2.70 bits per heavy atom. The summed E-state index contributed by atoms with van der Waals surface area (Å²) in [6.45, 7) is 6.44. The first-order valence-electron chi connectivity index (χ1n) is 9.42. The van der Waals surface area contributed by atoms with Crippen LogP contribution < -0.4 is 10.1 Å². The van der Waals surface area contributed by atoms with Crippen molar-refractivity contribution < 1.29 is 9.53 Å². The topological polar surface area (TPSA) is 69.0 Å². The van der Waals surface area contributed by atoms with Crippen LogP contribution >= 0.6 is 35.0 Å². The van der Waals surface area contributed by atoms with Crippen LogP contribution in [0.2, 0.25) is 10.0 Å². The van der Waals surface area contributed by atoms with E-state index in [1.54, 1.807) is 18.2 Å². The molecule has 0 saturated carbocycles. The summed E-state index contributed by atoms with van der Waals surface area (Å²) in [5.74, 6) is 1.34. The van der Waals surface area contributed by atoms with Crippen LogP contribution in [0.15, 0.2) is 47.6 Å². The van der Waals surface area contributed by atoms with E-state index in [0.717, 1.165) is 11.3 Å². The average Bonchev–Trinajstić information content (AvgIpc) is 3.13. The van der Waals surface area contributed by atoms with Gasteiger partial charge in [0.1, 0.15) is 5.75 Å². The van der Waals surface area contributed by atoms with E-state index < -0.39 is 0 Å². The molecule has 1 amide bonds. The quantitative estimate of drug-likeness (QED) is 0.427. The van der Waals surface area contributed by atoms with Crippen LogP contribution in [0.25, 0.3) is 0 Å². The molecule has 1 atom stereocenters. The molecule has 0 aliphatic carbocycles. The van der Waals surface area contributed by atoms with Gasteiger partial charge in [0.25, 0.3) is 0 Å². The molecular weight excluding hydrogens is 443 g/mol. The van der Waals surface area contributed by atoms with E-state index in [2.05, 4.69) is 15.5 Å². The van der Waals surface area contributed by atoms with Crippen LogP contribution in [0.1, 0.15) is 31.3 Å². The van der Waals surface area contributed by atoms with Crippen molar-refractivity contribution in [1.29, 1.82) is 0 Å². The van der Waals surface area contributed by atoms with Crippen molar-refractivity contribution in [2.24, 2.45) is 0 Å². The van der Waals surface area contributed by atoms with E-state index in [0.29, 0.717) is 33.3 Å². The number of halogens is 2. The molecule has 0 spiro atoms. The zero-order valence-corrected chi connectivity index (χ0v) is 19.2. The molecule has 1 N–H and O–H groups in total. The monoisotopic (exact) mass is 464 g/mol. The van der Waals surface area contributed by atoms with E-state index in [9.17, 15) is 4.79 Å². The van der Waals surface area contributed by atoms with Gasteiger partial charge in [-0.3, -0.25) is 4.79 Å². The Kier molecular flexibility index (Phi) is 7.64. The highest BCUT2D eigenvalue weighted by molar-refractivity contribution is 7.99. The van der Waals surface area contributed by atoms with E-state index in [1.807, 2.05) is 49.6 Å². The Morgan fingerprint density at radius 1 is 1.23 bits per heavy atom. The largest absolute Gasteiger partial charge is 0.481 e. The first-order valence-corrected chi connectivity index (χ1v) is 11.2. The van der Waals surface area contributed by atoms with Crippen molar-refractivity contribution in [2.75, 3.05) is 11.1 Å². The van der Waals surface area contributed by atoms with Crippen molar-refractivity contribution >= 4 is 46.6 Å². The molecule has 1 heterocycles. The second-order valence-corrected chi connectivity index (χ2v) is 8.36. The fourth-order valence-corrected chi connectivity index (χ4v) is 4.09. The standard InChI is InChI=1S/C21H22Cl2N4O2S/c1-4-27-20(14(3)29-18-8-6-5-7-16(18)23)25-26-21(27)30-12-19(28)24-17-10-9-15(22)11-13(17)2/h5-11,14H,4,12H2,1-3H3,(H,24,28)/t14-/m1/s1. The number of nitrogens with zero attached hydrogens (tertiary/aromatic N) is 3. The Balaban J connectivity index is 1.65. The second kappa shape index (κ2) is 10.2. The average molecular weight is 465 g/mol. The fraction of sp³-hybridized carbons (Fsp3) is 0.286. The molecule has 0 bridgehead atoms. The van der Waals surface area contributed by atoms with E-state index in [1.165, 1.54) is 11.8 Å². The number of para-hydroxylation sites is 1. The van der Waals surface area contributed by atoms with Crippen LogP contribution in [-0.4, -0.2) is 26.4 Å². The van der Waals surface area contributed by atoms with Gasteiger partial charge in [-0.2, -0.15) is 0 Å². The van der Waals surface area contributed by atoms with Crippen molar-refractivity contribution in [3.63, 3.8) is 0 Å². The summed E-state index contributed by atoms with van der Waals surface area (Å²) in [5.41, 5.74) is 1.65. The zero-order valence-electron chi connectivity index (χ0n) is 16.9. The maximum absolute atomic E-state index is 12.4. The molecule has 2 aromatic carbocycles. The lowest BCUT2D eigenvalue weighted by Crippen LogP contribution is -2.16. The zero-order chi connectivity index (χ0) is 21.7. The van der Waals surface area contributed by atoms with Crippen molar-refractivity contribution in [1.82, 2.24) is 14.8 Å². The van der Waals surface area contributed by atoms with Crippen molar-refractivity contribution in [2.45, 2.75) is 38.6 Å². The predicted molar refractivity (Wildman–Crippen MR) is 122 cm³/mol. The normalized spacial score (nSPS) is 11.9. The van der Waals surface area contributed by atoms with Gasteiger partial charge in [-0.15, -0.1) is 10.2 Å². The van der Waals surface area contributed by atoms with Crippen LogP contribution in [0.3, 0.4) is 0 Å². The van der Waals surface area contributed by atoms with Gasteiger partial charge >= 0.3 is 0 Å². The first kappa shape index (κ1) is 22.5. The smallest absolute Gasteiger partial charge is 0.234 e. The first-order chi connectivity index (χ1) is 14.4. The second-order valence-electron chi connectivity index (χ2n) is 6.57. The lowest BCUT2D eigenvalue weighted by Gasteiger charge is -2.16. The highest BCUT2D eigenvalue weighted by Crippen LogP contribution is 2.29. The Morgan fingerprint density at radius 2 is 2.00 bits per heavy atom. The third kappa shape index (κ3) is 5.47. The number of aromatic nitrogens is 3. The molecule has 0 aliphatic rings. The van der Waals surface area contributed by atoms with Crippen molar-refractivity contribution in [3.05, 3.63) is 63.9 Å². The molecule has 3 rings (SSSR count). The maximum Gasteiger partial charge on any atom is 0.234 e. The molecular formula is C21H22Cl2N4O2S. The lowest BCUT2D eigenvalue weighted by atomic mass is 10.2. The molecule has 0 fully saturated rings. The van der Waals surface area contributed by atoms with E-state index in [4.69, 9.17) is 27.9 Å². The van der Waals surface area contributed by atoms with Gasteiger partial charge in [-0.05, 0) is 56.7 Å². The third-order valence-corrected chi connectivity index (χ3v) is 5.87. The number of nitrogens with one attached hydrogen (secondary N) is 1. The summed E-state index contributed by atoms with van der Waals surface area (Å²) in [6, 6.07) is 12.6. The molecule has 1 aromatic heterocycles. The Hall–Kier alpha value is -2.22. The SMILES string of the molecule is CCn1c(SCC(=O)Nc2ccc(Cl)cc2C)nnc1[C@@H](C)Oc1ccccc1Cl. The minimum atomic E-state index is -0.350. The van der Waals surface area contributed by atoms with Gasteiger partial charge in [0, 0.05) is 17.3 Å². The highest BCUT2D eigenvalue weighted by Gasteiger charge is 2.20. The predicted octanol–water partition coefficient (Wildman–Crippen LogP) is 5.78. The van der Waals surface area contributed by atoms with Gasteiger partial charge in [0.05, 0.1) is 10.8 Å². The van der Waals surface area contributed by atoms with Crippen molar-refractivity contribution in [3.8, 4) is 5.75 Å². The lowest BCUT2D eigenvalue weighted by molar-refractivity contribution is -0.113. The number of carbonyl (C=O) groups is 1. The summed E-state index contributed by atoms with van der Waals surface area (Å²) in [6.07, 6.45) is -0.350. The van der Waals surface area contributed by atoms with Gasteiger partial charge in [-0.25, -0.2) is 0 Å². The summed E-state index contributed by atoms with van der Waals surface area (Å²) in [7, 11) is 0. The molecule has 0 unspecified atom stereocenters. The number of carbonyl (C=O) groups excluding carboxylic acids is 1. The van der Waals surface area contributed by atoms with Gasteiger partial charge in [0.2, 0.25) is 5.91 Å². The van der Waals surface area contributed by atoms with Crippen LogP contribution in [0.4, 0.5) is 5.69 Å². The summed E-state index contributed by atoms with van der Waals surface area (Å²) < 4.78 is 7.90. The number of hydrogen-bond acceptors (Lipinski definition) is 5. The van der Waals surface area contributed by atoms with Gasteiger partial charge < -0.3 is 14.6 Å². The van der Waals surface area contributed by atoms with Gasteiger partial charge in [0.15, 0.2) is 17.1 Å². The van der Waals surface area contributed by atoms with E-state index in [-0.39, 0.29) is 17.8 Å². The number of amides is 1. The van der Waals surface area contributed by atoms with Crippen LogP contribution in [0, 0.1) is 6.92 Å². The molecule has 0 saturated heterocycles. The Labute approximate surface area is 189 Å². The third-order valence-electron chi connectivity index (χ3n) is 4.36. The fourth-order valence-electron chi connectivity index (χ4n) is 2.87. The minimum absolute atomic E-state index is 0.127. The number of benzene rings is 2.